The van der Waals surface area contributed by atoms with Gasteiger partial charge < -0.3 is 14.8 Å². The quantitative estimate of drug-likeness (QED) is 0.226. The van der Waals surface area contributed by atoms with Crippen LogP contribution in [0.25, 0.3) is 11.1 Å². The van der Waals surface area contributed by atoms with E-state index >= 15 is 0 Å². The molecule has 0 radical (unpaired) electrons. The summed E-state index contributed by atoms with van der Waals surface area (Å²) in [4.78, 5) is 24.8. The van der Waals surface area contributed by atoms with Gasteiger partial charge in [-0.05, 0) is 55.4 Å². The molecule has 1 amide bonds. The van der Waals surface area contributed by atoms with Crippen LogP contribution in [0.4, 0.5) is 4.79 Å². The molecule has 4 rings (SSSR count). The zero-order valence-electron chi connectivity index (χ0n) is 22.7. The van der Waals surface area contributed by atoms with E-state index in [1.165, 1.54) is 4.31 Å². The highest BCUT2D eigenvalue weighted by Gasteiger charge is 2.32. The Labute approximate surface area is 231 Å². The predicted octanol–water partition coefficient (Wildman–Crippen LogP) is 5.88. The molecule has 0 fully saturated rings. The van der Waals surface area contributed by atoms with Crippen LogP contribution in [0.3, 0.4) is 0 Å². The number of nitrogens with one attached hydrogen (secondary N) is 1. The van der Waals surface area contributed by atoms with E-state index in [0.717, 1.165) is 27.8 Å². The number of amides is 1. The van der Waals surface area contributed by atoms with Crippen molar-refractivity contribution in [2.24, 2.45) is 5.92 Å². The van der Waals surface area contributed by atoms with Gasteiger partial charge in [-0.1, -0.05) is 80.1 Å². The second-order valence-corrected chi connectivity index (χ2v) is 12.3. The first-order valence-corrected chi connectivity index (χ1v) is 14.8. The van der Waals surface area contributed by atoms with Crippen LogP contribution in [0.5, 0.6) is 0 Å². The number of alkyl carbamates (subject to hydrolysis) is 1. The molecule has 0 spiro atoms. The summed E-state index contributed by atoms with van der Waals surface area (Å²) in [6, 6.07) is 21.7. The summed E-state index contributed by atoms with van der Waals surface area (Å²) in [6.45, 7) is 6.35. The molecule has 3 aromatic rings. The van der Waals surface area contributed by atoms with Gasteiger partial charge in [0.25, 0.3) is 0 Å². The predicted molar refractivity (Wildman–Crippen MR) is 152 cm³/mol. The first-order valence-electron chi connectivity index (χ1n) is 13.4. The van der Waals surface area contributed by atoms with Crippen molar-refractivity contribution in [3.63, 3.8) is 0 Å². The lowest BCUT2D eigenvalue weighted by atomic mass is 10.1. The number of sulfonamides is 1. The number of ether oxygens (including phenoxy) is 1. The second-order valence-electron chi connectivity index (χ2n) is 10.4. The van der Waals surface area contributed by atoms with E-state index in [-0.39, 0.29) is 17.4 Å². The van der Waals surface area contributed by atoms with E-state index in [1.54, 1.807) is 24.3 Å². The van der Waals surface area contributed by atoms with Gasteiger partial charge in [-0.25, -0.2) is 13.2 Å². The van der Waals surface area contributed by atoms with Gasteiger partial charge in [-0.3, -0.25) is 0 Å². The molecule has 206 valence electrons. The number of fused-ring (bicyclic) bond motifs is 3. The molecule has 0 saturated heterocycles. The second kappa shape index (κ2) is 12.6. The average Bonchev–Trinajstić information content (AvgIpc) is 3.23. The molecule has 0 aromatic heterocycles. The van der Waals surface area contributed by atoms with E-state index in [9.17, 15) is 18.0 Å². The van der Waals surface area contributed by atoms with Crippen LogP contribution in [0.2, 0.25) is 0 Å². The largest absolute Gasteiger partial charge is 0.436 e. The molecule has 7 nitrogen and oxygen atoms in total. The Hall–Kier alpha value is -3.49. The highest BCUT2D eigenvalue weighted by atomic mass is 32.2. The minimum absolute atomic E-state index is 0.0509. The minimum atomic E-state index is -3.83. The summed E-state index contributed by atoms with van der Waals surface area (Å²) in [5.74, 6) is 0.0509. The van der Waals surface area contributed by atoms with Crippen molar-refractivity contribution in [2.75, 3.05) is 13.1 Å². The molecule has 1 aliphatic carbocycles. The Morgan fingerprint density at radius 3 is 2.10 bits per heavy atom. The maximum absolute atomic E-state index is 13.4. The van der Waals surface area contributed by atoms with Gasteiger partial charge in [-0.2, -0.15) is 4.31 Å². The molecule has 3 aromatic carbocycles. The van der Waals surface area contributed by atoms with Gasteiger partial charge in [0.2, 0.25) is 10.0 Å². The highest BCUT2D eigenvalue weighted by molar-refractivity contribution is 7.89. The molecular formula is C31H36N2O5S. The van der Waals surface area contributed by atoms with Crippen LogP contribution in [0.1, 0.15) is 55.9 Å². The number of benzene rings is 3. The zero-order valence-corrected chi connectivity index (χ0v) is 23.5. The van der Waals surface area contributed by atoms with Gasteiger partial charge in [0.15, 0.2) is 6.10 Å². The van der Waals surface area contributed by atoms with E-state index in [1.807, 2.05) is 69.3 Å². The molecule has 0 aliphatic heterocycles. The molecule has 0 heterocycles. The fraction of sp³-hybridized carbons (Fsp3) is 0.355. The summed E-state index contributed by atoms with van der Waals surface area (Å²) in [6.07, 6.45) is 1.25. The number of hydrogen-bond donors (Lipinski definition) is 1. The molecule has 1 N–H and O–H groups in total. The fourth-order valence-corrected chi connectivity index (χ4v) is 6.71. The van der Waals surface area contributed by atoms with E-state index < -0.39 is 28.3 Å². The lowest BCUT2D eigenvalue weighted by Gasteiger charge is -2.29. The number of rotatable bonds is 12. The maximum atomic E-state index is 13.4. The Bertz CT molecular complexity index is 1360. The van der Waals surface area contributed by atoms with Crippen LogP contribution in [0, 0.1) is 12.8 Å². The smallest absolute Gasteiger partial charge is 0.408 e. The molecule has 1 aliphatic rings. The van der Waals surface area contributed by atoms with Crippen molar-refractivity contribution in [2.45, 2.75) is 57.1 Å². The van der Waals surface area contributed by atoms with Gasteiger partial charge >= 0.3 is 6.09 Å². The van der Waals surface area contributed by atoms with Gasteiger partial charge in [-0.15, -0.1) is 0 Å². The Balaban J connectivity index is 1.32. The van der Waals surface area contributed by atoms with E-state index in [2.05, 4.69) is 5.32 Å². The van der Waals surface area contributed by atoms with Crippen LogP contribution in [-0.2, 0) is 19.6 Å². The monoisotopic (exact) mass is 548 g/mol. The standard InChI is InChI=1S/C31H36N2O5S/c1-22(2)20-33(39(36,37)25-17-15-23(3)16-18-25)24(21-34)10-8-9-19-32-31(35)38-30-28-13-6-4-11-26(28)27-12-5-7-14-29(27)30/h4-7,11-18,21-22,24,30H,8-10,19-20H2,1-3H3,(H,32,35)/t24-/m0/s1. The summed E-state index contributed by atoms with van der Waals surface area (Å²) in [5.41, 5.74) is 5.02. The Kier molecular flexibility index (Phi) is 9.20. The maximum Gasteiger partial charge on any atom is 0.408 e. The number of unbranched alkanes of at least 4 members (excludes halogenated alkanes) is 1. The minimum Gasteiger partial charge on any atom is -0.436 e. The Morgan fingerprint density at radius 2 is 1.54 bits per heavy atom. The molecule has 0 saturated carbocycles. The first-order chi connectivity index (χ1) is 18.7. The van der Waals surface area contributed by atoms with Gasteiger partial charge in [0, 0.05) is 24.2 Å². The van der Waals surface area contributed by atoms with Crippen LogP contribution >= 0.6 is 0 Å². The highest BCUT2D eigenvalue weighted by Crippen LogP contribution is 2.45. The van der Waals surface area contributed by atoms with Gasteiger partial charge in [0.05, 0.1) is 10.9 Å². The van der Waals surface area contributed by atoms with Crippen molar-refractivity contribution in [3.05, 3.63) is 89.5 Å². The Morgan fingerprint density at radius 1 is 0.949 bits per heavy atom. The third-order valence-corrected chi connectivity index (χ3v) is 8.80. The lowest BCUT2D eigenvalue weighted by Crippen LogP contribution is -2.43. The molecule has 1 atom stereocenters. The van der Waals surface area contributed by atoms with E-state index in [4.69, 9.17) is 4.74 Å². The van der Waals surface area contributed by atoms with Gasteiger partial charge in [0.1, 0.15) is 6.29 Å². The summed E-state index contributed by atoms with van der Waals surface area (Å²) < 4.78 is 33.9. The number of carbonyl (C=O) groups excluding carboxylic acids is 2. The normalized spacial score (nSPS) is 13.7. The zero-order chi connectivity index (χ0) is 28.0. The topological polar surface area (TPSA) is 92.8 Å². The molecule has 39 heavy (non-hydrogen) atoms. The van der Waals surface area contributed by atoms with Crippen LogP contribution < -0.4 is 5.32 Å². The van der Waals surface area contributed by atoms with Crippen LogP contribution in [-0.4, -0.2) is 44.2 Å². The number of hydrogen-bond acceptors (Lipinski definition) is 5. The summed E-state index contributed by atoms with van der Waals surface area (Å²) in [5, 5.41) is 2.80. The van der Waals surface area contributed by atoms with Crippen molar-refractivity contribution in [1.82, 2.24) is 9.62 Å². The first kappa shape index (κ1) is 28.5. The van der Waals surface area contributed by atoms with Crippen molar-refractivity contribution >= 4 is 22.4 Å². The number of carbonyl (C=O) groups is 2. The molecule has 0 unspecified atom stereocenters. The molecule has 8 heteroatoms. The molecular weight excluding hydrogens is 512 g/mol. The number of aldehydes is 1. The van der Waals surface area contributed by atoms with Crippen molar-refractivity contribution in [3.8, 4) is 11.1 Å². The summed E-state index contributed by atoms with van der Waals surface area (Å²) >= 11 is 0. The fourth-order valence-electron chi connectivity index (χ4n) is 4.95. The van der Waals surface area contributed by atoms with Crippen molar-refractivity contribution < 1.29 is 22.7 Å². The SMILES string of the molecule is Cc1ccc(S(=O)(=O)N(CC(C)C)[C@H](C=O)CCCCNC(=O)OC2c3ccccc3-c3ccccc32)cc1. The number of nitrogens with zero attached hydrogens (tertiary/aromatic N) is 1. The number of aryl methyl sites for hydroxylation is 1. The molecule has 0 bridgehead atoms. The average molecular weight is 549 g/mol. The third-order valence-electron chi connectivity index (χ3n) is 6.90. The van der Waals surface area contributed by atoms with Crippen LogP contribution in [0.15, 0.2) is 77.7 Å². The third kappa shape index (κ3) is 6.57. The lowest BCUT2D eigenvalue weighted by molar-refractivity contribution is -0.111. The van der Waals surface area contributed by atoms with E-state index in [0.29, 0.717) is 32.1 Å². The van der Waals surface area contributed by atoms with Crippen molar-refractivity contribution in [1.29, 1.82) is 0 Å². The summed E-state index contributed by atoms with van der Waals surface area (Å²) in [7, 11) is -3.83.